The monoisotopic (exact) mass is 448 g/mol. The number of carbonyl (C=O) groups excluding carboxylic acids is 3. The number of amides is 2. The molecule has 0 bridgehead atoms. The average molecular weight is 448 g/mol. The normalized spacial score (nSPS) is 11.9. The van der Waals surface area contributed by atoms with Gasteiger partial charge in [0, 0.05) is 12.1 Å². The van der Waals surface area contributed by atoms with Crippen molar-refractivity contribution in [2.24, 2.45) is 0 Å². The molecule has 2 N–H and O–H groups in total. The smallest absolute Gasteiger partial charge is 0.291 e. The highest BCUT2D eigenvalue weighted by atomic mass is 16.6. The summed E-state index contributed by atoms with van der Waals surface area (Å²) in [5, 5.41) is 27.2. The maximum absolute atomic E-state index is 12.9. The number of nitrogens with one attached hydrogen (secondary N) is 2. The number of hydrogen-bond acceptors (Lipinski definition) is 7. The number of carboxylic acid groups (broad SMARTS) is 1. The fourth-order valence-corrected chi connectivity index (χ4v) is 2.89. The minimum atomic E-state index is -1.50. The number of nitro groups is 1. The third-order valence-electron chi connectivity index (χ3n) is 4.53. The van der Waals surface area contributed by atoms with Crippen LogP contribution in [0.4, 0.5) is 5.69 Å². The third-order valence-corrected chi connectivity index (χ3v) is 4.53. The average Bonchev–Trinajstić information content (AvgIpc) is 3.34. The van der Waals surface area contributed by atoms with E-state index in [2.05, 4.69) is 10.6 Å². The van der Waals surface area contributed by atoms with E-state index in [4.69, 9.17) is 4.42 Å². The Morgan fingerprint density at radius 1 is 1.00 bits per heavy atom. The zero-order valence-corrected chi connectivity index (χ0v) is 17.1. The number of nitrogens with zero attached hydrogens (tertiary/aromatic N) is 1. The first-order chi connectivity index (χ1) is 15.8. The van der Waals surface area contributed by atoms with Crippen LogP contribution in [0.25, 0.3) is 6.08 Å². The maximum Gasteiger partial charge on any atom is 0.291 e. The zero-order valence-electron chi connectivity index (χ0n) is 17.1. The highest BCUT2D eigenvalue weighted by Gasteiger charge is 2.20. The molecule has 0 aliphatic heterocycles. The molecule has 1 heterocycles. The van der Waals surface area contributed by atoms with E-state index in [-0.39, 0.29) is 23.6 Å². The van der Waals surface area contributed by atoms with E-state index in [1.807, 2.05) is 0 Å². The molecule has 2 aromatic carbocycles. The molecule has 0 unspecified atom stereocenters. The molecule has 0 spiro atoms. The summed E-state index contributed by atoms with van der Waals surface area (Å²) in [4.78, 5) is 47.2. The van der Waals surface area contributed by atoms with Gasteiger partial charge in [0.2, 0.25) is 0 Å². The van der Waals surface area contributed by atoms with E-state index < -0.39 is 28.7 Å². The Balaban J connectivity index is 1.86. The summed E-state index contributed by atoms with van der Waals surface area (Å²) in [6.07, 6.45) is 2.50. The summed E-state index contributed by atoms with van der Waals surface area (Å²) in [5.74, 6) is -3.20. The van der Waals surface area contributed by atoms with Crippen LogP contribution in [-0.2, 0) is 16.0 Å². The Morgan fingerprint density at radius 2 is 1.70 bits per heavy atom. The van der Waals surface area contributed by atoms with E-state index in [9.17, 15) is 29.6 Å². The Bertz CT molecular complexity index is 1170. The highest BCUT2D eigenvalue weighted by molar-refractivity contribution is 6.05. The van der Waals surface area contributed by atoms with Crippen molar-refractivity contribution in [2.45, 2.75) is 12.5 Å². The fraction of sp³-hybridized carbons (Fsp3) is 0.0870. The van der Waals surface area contributed by atoms with Crippen LogP contribution in [0.2, 0.25) is 0 Å². The maximum atomic E-state index is 12.9. The molecule has 3 rings (SSSR count). The van der Waals surface area contributed by atoms with Crippen LogP contribution in [0.3, 0.4) is 0 Å². The predicted octanol–water partition coefficient (Wildman–Crippen LogP) is 1.44. The molecule has 1 aromatic heterocycles. The van der Waals surface area contributed by atoms with Crippen molar-refractivity contribution in [1.29, 1.82) is 0 Å². The largest absolute Gasteiger partial charge is 0.548 e. The Kier molecular flexibility index (Phi) is 7.32. The van der Waals surface area contributed by atoms with Crippen molar-refractivity contribution in [2.75, 3.05) is 0 Å². The summed E-state index contributed by atoms with van der Waals surface area (Å²) in [6.45, 7) is 0. The molecule has 0 saturated carbocycles. The Labute approximate surface area is 187 Å². The topological polar surface area (TPSA) is 155 Å². The molecule has 0 aliphatic rings. The number of non-ortho nitro benzene ring substituents is 1. The highest BCUT2D eigenvalue weighted by Crippen LogP contribution is 2.15. The number of aliphatic carboxylic acids is 1. The summed E-state index contributed by atoms with van der Waals surface area (Å²) < 4.78 is 5.02. The number of benzene rings is 2. The third kappa shape index (κ3) is 6.37. The summed E-state index contributed by atoms with van der Waals surface area (Å²) in [7, 11) is 0. The lowest BCUT2D eigenvalue weighted by atomic mass is 10.1. The first-order valence-corrected chi connectivity index (χ1v) is 9.70. The lowest BCUT2D eigenvalue weighted by Crippen LogP contribution is -2.50. The van der Waals surface area contributed by atoms with Crippen LogP contribution in [0.5, 0.6) is 0 Å². The van der Waals surface area contributed by atoms with Crippen molar-refractivity contribution in [3.05, 3.63) is 106 Å². The number of carboxylic acids is 1. The molecular weight excluding hydrogens is 430 g/mol. The predicted molar refractivity (Wildman–Crippen MR) is 114 cm³/mol. The number of furan rings is 1. The quantitative estimate of drug-likeness (QED) is 0.285. The van der Waals surface area contributed by atoms with Crippen molar-refractivity contribution in [1.82, 2.24) is 10.6 Å². The lowest BCUT2D eigenvalue weighted by Gasteiger charge is -2.21. The van der Waals surface area contributed by atoms with Crippen molar-refractivity contribution < 1.29 is 28.8 Å². The van der Waals surface area contributed by atoms with Crippen LogP contribution in [0.15, 0.2) is 83.1 Å². The SMILES string of the molecule is O=C(N[C@H](Cc1ccccc1)C(=O)[O-])/C(=C/c1ccc([N+](=O)[O-])cc1)NC(=O)c1ccco1. The number of carbonyl (C=O) groups is 3. The summed E-state index contributed by atoms with van der Waals surface area (Å²) in [6, 6.07) is 15.4. The molecule has 33 heavy (non-hydrogen) atoms. The van der Waals surface area contributed by atoms with Crippen LogP contribution < -0.4 is 15.7 Å². The van der Waals surface area contributed by atoms with E-state index in [0.29, 0.717) is 11.1 Å². The van der Waals surface area contributed by atoms with E-state index in [1.165, 1.54) is 48.7 Å². The van der Waals surface area contributed by atoms with Gasteiger partial charge in [-0.1, -0.05) is 30.3 Å². The molecule has 10 nitrogen and oxygen atoms in total. The van der Waals surface area contributed by atoms with Gasteiger partial charge in [-0.05, 0) is 47.9 Å². The van der Waals surface area contributed by atoms with Crippen LogP contribution in [0, 0.1) is 10.1 Å². The van der Waals surface area contributed by atoms with Crippen LogP contribution in [-0.4, -0.2) is 28.7 Å². The molecule has 1 atom stereocenters. The second-order valence-electron chi connectivity index (χ2n) is 6.87. The second kappa shape index (κ2) is 10.5. The van der Waals surface area contributed by atoms with Gasteiger partial charge in [0.05, 0.1) is 23.2 Å². The van der Waals surface area contributed by atoms with Gasteiger partial charge in [-0.3, -0.25) is 19.7 Å². The summed E-state index contributed by atoms with van der Waals surface area (Å²) in [5.41, 5.74) is 0.577. The second-order valence-corrected chi connectivity index (χ2v) is 6.87. The van der Waals surface area contributed by atoms with Crippen molar-refractivity contribution >= 4 is 29.5 Å². The molecule has 0 fully saturated rings. The standard InChI is InChI=1S/C23H19N3O7/c27-21(25-19(23(29)30)14-15-5-2-1-3-6-15)18(24-22(28)20-7-4-12-33-20)13-16-8-10-17(11-9-16)26(31)32/h1-13,19H,14H2,(H,24,28)(H,25,27)(H,29,30)/p-1/b18-13-/t19-/m1/s1. The molecule has 10 heteroatoms. The van der Waals surface area contributed by atoms with Gasteiger partial charge < -0.3 is 25.0 Å². The molecule has 2 amide bonds. The first kappa shape index (κ1) is 22.9. The molecule has 0 aliphatic carbocycles. The van der Waals surface area contributed by atoms with E-state index in [0.717, 1.165) is 0 Å². The van der Waals surface area contributed by atoms with Gasteiger partial charge in [0.25, 0.3) is 17.5 Å². The van der Waals surface area contributed by atoms with Gasteiger partial charge in [-0.15, -0.1) is 0 Å². The Hall–Kier alpha value is -4.73. The summed E-state index contributed by atoms with van der Waals surface area (Å²) >= 11 is 0. The molecule has 168 valence electrons. The fourth-order valence-electron chi connectivity index (χ4n) is 2.89. The number of hydrogen-bond donors (Lipinski definition) is 2. The van der Waals surface area contributed by atoms with Crippen molar-refractivity contribution in [3.63, 3.8) is 0 Å². The van der Waals surface area contributed by atoms with Crippen molar-refractivity contribution in [3.8, 4) is 0 Å². The van der Waals surface area contributed by atoms with E-state index >= 15 is 0 Å². The molecule has 0 radical (unpaired) electrons. The van der Waals surface area contributed by atoms with Crippen LogP contribution >= 0.6 is 0 Å². The minimum Gasteiger partial charge on any atom is -0.548 e. The molecule has 3 aromatic rings. The molecular formula is C23H18N3O7-. The van der Waals surface area contributed by atoms with Crippen LogP contribution in [0.1, 0.15) is 21.7 Å². The molecule has 0 saturated heterocycles. The number of rotatable bonds is 9. The van der Waals surface area contributed by atoms with E-state index in [1.54, 1.807) is 30.3 Å². The van der Waals surface area contributed by atoms with Gasteiger partial charge in [-0.25, -0.2) is 0 Å². The zero-order chi connectivity index (χ0) is 23.8. The first-order valence-electron chi connectivity index (χ1n) is 9.70. The van der Waals surface area contributed by atoms with Gasteiger partial charge in [0.15, 0.2) is 5.76 Å². The van der Waals surface area contributed by atoms with Gasteiger partial charge in [0.1, 0.15) is 5.70 Å². The van der Waals surface area contributed by atoms with Gasteiger partial charge in [-0.2, -0.15) is 0 Å². The Morgan fingerprint density at radius 3 is 2.27 bits per heavy atom. The number of nitro benzene ring substituents is 1. The van der Waals surface area contributed by atoms with Gasteiger partial charge >= 0.3 is 0 Å². The minimum absolute atomic E-state index is 0.0359. The lowest BCUT2D eigenvalue weighted by molar-refractivity contribution is -0.384.